The molecule has 0 bridgehead atoms. The quantitative estimate of drug-likeness (QED) is 0.582. The van der Waals surface area contributed by atoms with E-state index in [1.165, 1.54) is 11.8 Å². The van der Waals surface area contributed by atoms with Crippen molar-refractivity contribution in [2.75, 3.05) is 13.2 Å². The monoisotopic (exact) mass is 301 g/mol. The van der Waals surface area contributed by atoms with E-state index in [0.717, 1.165) is 0 Å². The zero-order valence-electron chi connectivity index (χ0n) is 12.7. The lowest BCUT2D eigenvalue weighted by molar-refractivity contribution is -0.150. The van der Waals surface area contributed by atoms with Gasteiger partial charge in [0.2, 0.25) is 5.89 Å². The summed E-state index contributed by atoms with van der Waals surface area (Å²) in [6.07, 6.45) is 0.617. The standard InChI is InChI=1S/C13H23N3O3S/c1-6-14-13(5,11(17)18-7-2)8-9(3)20-12-16-15-10(4)19-12/h9,14H,6-8H2,1-5H3. The first-order chi connectivity index (χ1) is 9.41. The van der Waals surface area contributed by atoms with E-state index in [-0.39, 0.29) is 11.2 Å². The number of aromatic nitrogens is 2. The molecule has 0 aromatic carbocycles. The Hall–Kier alpha value is -1.08. The van der Waals surface area contributed by atoms with Gasteiger partial charge in [0.05, 0.1) is 6.61 Å². The number of hydrogen-bond donors (Lipinski definition) is 1. The SMILES string of the molecule is CCNC(C)(CC(C)Sc1nnc(C)o1)C(=O)OCC. The Bertz CT molecular complexity index is 438. The van der Waals surface area contributed by atoms with E-state index < -0.39 is 5.54 Å². The normalized spacial score (nSPS) is 15.7. The van der Waals surface area contributed by atoms with Crippen molar-refractivity contribution in [3.63, 3.8) is 0 Å². The van der Waals surface area contributed by atoms with Crippen LogP contribution in [0, 0.1) is 6.92 Å². The van der Waals surface area contributed by atoms with Gasteiger partial charge in [-0.15, -0.1) is 10.2 Å². The van der Waals surface area contributed by atoms with Crippen molar-refractivity contribution in [2.45, 2.75) is 57.1 Å². The lowest BCUT2D eigenvalue weighted by Gasteiger charge is -2.30. The van der Waals surface area contributed by atoms with Crippen LogP contribution in [0.15, 0.2) is 9.64 Å². The topological polar surface area (TPSA) is 77.3 Å². The second-order valence-electron chi connectivity index (χ2n) is 4.80. The molecule has 0 fully saturated rings. The second-order valence-corrected chi connectivity index (χ2v) is 6.19. The van der Waals surface area contributed by atoms with Crippen molar-refractivity contribution in [1.29, 1.82) is 0 Å². The summed E-state index contributed by atoms with van der Waals surface area (Å²) in [5.74, 6) is 0.315. The van der Waals surface area contributed by atoms with E-state index >= 15 is 0 Å². The van der Waals surface area contributed by atoms with Gasteiger partial charge in [-0.3, -0.25) is 4.79 Å². The maximum Gasteiger partial charge on any atom is 0.326 e. The Labute approximate surface area is 124 Å². The molecule has 1 rings (SSSR count). The highest BCUT2D eigenvalue weighted by molar-refractivity contribution is 7.99. The van der Waals surface area contributed by atoms with E-state index in [1.54, 1.807) is 6.92 Å². The van der Waals surface area contributed by atoms with E-state index in [4.69, 9.17) is 9.15 Å². The first kappa shape index (κ1) is 17.0. The number of aryl methyl sites for hydroxylation is 1. The molecule has 0 saturated carbocycles. The van der Waals surface area contributed by atoms with Gasteiger partial charge >= 0.3 is 5.97 Å². The maximum atomic E-state index is 12.1. The predicted molar refractivity (Wildman–Crippen MR) is 77.7 cm³/mol. The Balaban J connectivity index is 2.66. The summed E-state index contributed by atoms with van der Waals surface area (Å²) in [6, 6.07) is 0. The molecule has 1 aromatic rings. The minimum Gasteiger partial charge on any atom is -0.465 e. The summed E-state index contributed by atoms with van der Waals surface area (Å²) in [5, 5.41) is 11.6. The van der Waals surface area contributed by atoms with Crippen LogP contribution in [-0.2, 0) is 9.53 Å². The van der Waals surface area contributed by atoms with Crippen molar-refractivity contribution in [2.24, 2.45) is 0 Å². The molecule has 0 aliphatic heterocycles. The highest BCUT2D eigenvalue weighted by Gasteiger charge is 2.35. The number of thioether (sulfide) groups is 1. The lowest BCUT2D eigenvalue weighted by atomic mass is 9.96. The first-order valence-electron chi connectivity index (χ1n) is 6.80. The molecule has 2 unspecified atom stereocenters. The summed E-state index contributed by atoms with van der Waals surface area (Å²) < 4.78 is 10.5. The third-order valence-electron chi connectivity index (χ3n) is 2.80. The second kappa shape index (κ2) is 7.64. The summed E-state index contributed by atoms with van der Waals surface area (Å²) in [7, 11) is 0. The van der Waals surface area contributed by atoms with E-state index in [0.29, 0.717) is 30.7 Å². The molecule has 7 heteroatoms. The predicted octanol–water partition coefficient (Wildman–Crippen LogP) is 2.18. The number of nitrogens with zero attached hydrogens (tertiary/aromatic N) is 2. The van der Waals surface area contributed by atoms with Crippen molar-refractivity contribution >= 4 is 17.7 Å². The van der Waals surface area contributed by atoms with Gasteiger partial charge in [0.1, 0.15) is 5.54 Å². The van der Waals surface area contributed by atoms with Gasteiger partial charge in [0.15, 0.2) is 0 Å². The fourth-order valence-corrected chi connectivity index (χ4v) is 3.04. The molecule has 0 radical (unpaired) electrons. The molecule has 1 heterocycles. The van der Waals surface area contributed by atoms with Crippen LogP contribution >= 0.6 is 11.8 Å². The van der Waals surface area contributed by atoms with Gasteiger partial charge in [-0.2, -0.15) is 0 Å². The fraction of sp³-hybridized carbons (Fsp3) is 0.769. The third-order valence-corrected chi connectivity index (χ3v) is 3.73. The number of esters is 1. The van der Waals surface area contributed by atoms with Gasteiger partial charge in [0, 0.05) is 12.2 Å². The van der Waals surface area contributed by atoms with Crippen LogP contribution in [0.25, 0.3) is 0 Å². The van der Waals surface area contributed by atoms with Crippen LogP contribution in [0.1, 0.15) is 40.0 Å². The smallest absolute Gasteiger partial charge is 0.326 e. The van der Waals surface area contributed by atoms with Gasteiger partial charge in [0.25, 0.3) is 5.22 Å². The van der Waals surface area contributed by atoms with Crippen LogP contribution in [0.4, 0.5) is 0 Å². The van der Waals surface area contributed by atoms with Crippen LogP contribution < -0.4 is 5.32 Å². The Morgan fingerprint density at radius 2 is 2.20 bits per heavy atom. The van der Waals surface area contributed by atoms with Crippen LogP contribution in [0.3, 0.4) is 0 Å². The van der Waals surface area contributed by atoms with Crippen molar-refractivity contribution in [3.05, 3.63) is 5.89 Å². The van der Waals surface area contributed by atoms with Crippen LogP contribution in [0.2, 0.25) is 0 Å². The number of nitrogens with one attached hydrogen (secondary N) is 1. The van der Waals surface area contributed by atoms with Crippen LogP contribution in [0.5, 0.6) is 0 Å². The summed E-state index contributed by atoms with van der Waals surface area (Å²) in [4.78, 5) is 12.1. The zero-order chi connectivity index (χ0) is 15.2. The van der Waals surface area contributed by atoms with Gasteiger partial charge in [-0.05, 0) is 26.8 Å². The molecular weight excluding hydrogens is 278 g/mol. The third kappa shape index (κ3) is 4.79. The minimum absolute atomic E-state index is 0.142. The van der Waals surface area contributed by atoms with Gasteiger partial charge < -0.3 is 14.5 Å². The summed E-state index contributed by atoms with van der Waals surface area (Å²) in [5.41, 5.74) is -0.702. The number of hydrogen-bond acceptors (Lipinski definition) is 7. The zero-order valence-corrected chi connectivity index (χ0v) is 13.5. The van der Waals surface area contributed by atoms with Gasteiger partial charge in [-0.25, -0.2) is 0 Å². The Morgan fingerprint density at radius 1 is 1.50 bits per heavy atom. The fourth-order valence-electron chi connectivity index (χ4n) is 2.02. The highest BCUT2D eigenvalue weighted by atomic mass is 32.2. The lowest BCUT2D eigenvalue weighted by Crippen LogP contribution is -2.51. The molecular formula is C13H23N3O3S. The van der Waals surface area contributed by atoms with Crippen molar-refractivity contribution in [1.82, 2.24) is 15.5 Å². The largest absolute Gasteiger partial charge is 0.465 e. The molecule has 6 nitrogen and oxygen atoms in total. The molecule has 0 amide bonds. The molecule has 1 aromatic heterocycles. The number of carbonyl (C=O) groups excluding carboxylic acids is 1. The van der Waals surface area contributed by atoms with E-state index in [2.05, 4.69) is 15.5 Å². The molecule has 0 aliphatic carbocycles. The van der Waals surface area contributed by atoms with Gasteiger partial charge in [-0.1, -0.05) is 25.6 Å². The minimum atomic E-state index is -0.702. The summed E-state index contributed by atoms with van der Waals surface area (Å²) >= 11 is 1.46. The Morgan fingerprint density at radius 3 is 2.70 bits per heavy atom. The van der Waals surface area contributed by atoms with E-state index in [1.807, 2.05) is 27.7 Å². The van der Waals surface area contributed by atoms with E-state index in [9.17, 15) is 4.79 Å². The molecule has 20 heavy (non-hydrogen) atoms. The molecule has 0 saturated heterocycles. The number of rotatable bonds is 8. The molecule has 0 spiro atoms. The maximum absolute atomic E-state index is 12.1. The number of ether oxygens (including phenoxy) is 1. The summed E-state index contributed by atoms with van der Waals surface area (Å²) in [6.45, 7) is 10.5. The Kier molecular flexibility index (Phi) is 6.48. The van der Waals surface area contributed by atoms with Crippen LogP contribution in [-0.4, -0.2) is 40.1 Å². The average Bonchev–Trinajstić information content (AvgIpc) is 2.74. The van der Waals surface area contributed by atoms with Crippen molar-refractivity contribution < 1.29 is 13.9 Å². The molecule has 2 atom stereocenters. The van der Waals surface area contributed by atoms with Crippen molar-refractivity contribution in [3.8, 4) is 0 Å². The molecule has 0 aliphatic rings. The molecule has 114 valence electrons. The number of likely N-dealkylation sites (N-methyl/N-ethyl adjacent to an activating group) is 1. The first-order valence-corrected chi connectivity index (χ1v) is 7.68. The highest BCUT2D eigenvalue weighted by Crippen LogP contribution is 2.28. The average molecular weight is 301 g/mol. The molecule has 1 N–H and O–H groups in total. The number of carbonyl (C=O) groups is 1.